The Morgan fingerprint density at radius 1 is 0.625 bits per heavy atom. The average Bonchev–Trinajstić information content (AvgIpc) is 2.73. The number of benzene rings is 2. The molecule has 3 rings (SSSR count). The summed E-state index contributed by atoms with van der Waals surface area (Å²) in [5, 5.41) is 0.777. The summed E-state index contributed by atoms with van der Waals surface area (Å²) in [6.45, 7) is 0. The summed E-state index contributed by atoms with van der Waals surface area (Å²) in [6, 6.07) is 11.2. The van der Waals surface area contributed by atoms with E-state index >= 15 is 0 Å². The van der Waals surface area contributed by atoms with Crippen LogP contribution in [0.2, 0.25) is 10.0 Å². The molecular weight excluding hydrogens is 763 g/mol. The van der Waals surface area contributed by atoms with Crippen LogP contribution in [0, 0.1) is 0 Å². The molecule has 0 aromatic heterocycles. The topological polar surface area (TPSA) is 93.0 Å². The Bertz CT molecular complexity index is 1250. The van der Waals surface area contributed by atoms with E-state index < -0.39 is 29.7 Å². The van der Waals surface area contributed by atoms with E-state index in [9.17, 15) is 16.8 Å². The number of rotatable bonds is 4. The number of sulfonamides is 2. The minimum absolute atomic E-state index is 0.0403. The zero-order chi connectivity index (χ0) is 23.8. The summed E-state index contributed by atoms with van der Waals surface area (Å²) in [5.74, 6) is 0. The van der Waals surface area contributed by atoms with Gasteiger partial charge < -0.3 is 0 Å². The number of alkyl halides is 2. The summed E-state index contributed by atoms with van der Waals surface area (Å²) in [7, 11) is -8.13. The van der Waals surface area contributed by atoms with Crippen molar-refractivity contribution in [1.29, 1.82) is 0 Å². The van der Waals surface area contributed by atoms with Gasteiger partial charge in [0.05, 0.1) is 39.8 Å². The summed E-state index contributed by atoms with van der Waals surface area (Å²) in [5.41, 5.74) is 0.244. The summed E-state index contributed by atoms with van der Waals surface area (Å²) in [6.07, 6.45) is 0. The van der Waals surface area contributed by atoms with Crippen molar-refractivity contribution in [2.75, 3.05) is 0 Å². The monoisotopic (exact) mass is 768 g/mol. The first-order valence-electron chi connectivity index (χ1n) is 8.38. The lowest BCUT2D eigenvalue weighted by molar-refractivity contribution is 0.596. The molecule has 0 amide bonds. The van der Waals surface area contributed by atoms with Crippen LogP contribution in [0.4, 0.5) is 0 Å². The quantitative estimate of drug-likeness (QED) is 0.332. The molecule has 2 atom stereocenters. The molecule has 2 unspecified atom stereocenters. The number of hydrogen-bond acceptors (Lipinski definition) is 4. The van der Waals surface area contributed by atoms with Gasteiger partial charge in [-0.15, -0.1) is 0 Å². The largest absolute Gasteiger partial charge is 0.282 e. The molecule has 0 heterocycles. The summed E-state index contributed by atoms with van der Waals surface area (Å²) < 4.78 is 59.5. The van der Waals surface area contributed by atoms with E-state index in [1.807, 2.05) is 0 Å². The fraction of sp³-hybridized carbons (Fsp3) is 0.111. The van der Waals surface area contributed by atoms with Crippen molar-refractivity contribution in [3.63, 3.8) is 0 Å². The van der Waals surface area contributed by atoms with Gasteiger partial charge in [-0.1, -0.05) is 55.1 Å². The molecule has 0 radical (unpaired) electrons. The molecule has 6 nitrogen and oxygen atoms in total. The van der Waals surface area contributed by atoms with Crippen molar-refractivity contribution >= 4 is 118 Å². The second kappa shape index (κ2) is 10.3. The molecular formula is C18H10Br4Cl2N2O4S2. The Labute approximate surface area is 228 Å². The smallest absolute Gasteiger partial charge is 0.199 e. The number of halogens is 6. The van der Waals surface area contributed by atoms with E-state index in [0.29, 0.717) is 10.0 Å². The normalized spacial score (nSPS) is 22.6. The van der Waals surface area contributed by atoms with E-state index in [-0.39, 0.29) is 30.2 Å². The Kier molecular flexibility index (Phi) is 8.51. The number of allylic oxidation sites excluding steroid dienone is 2. The number of hydrogen-bond donors (Lipinski definition) is 0. The van der Waals surface area contributed by atoms with Gasteiger partial charge in [-0.05, 0) is 80.4 Å². The SMILES string of the molecule is O=S(=O)(/N=C1C(Br)=C(Br)/C(=N/S(=O)(=O)c2ccc(Cl)cc2)C(Br)C/1Br)c1ccc(Cl)cc1. The Balaban J connectivity index is 2.09. The molecule has 14 heteroatoms. The highest BCUT2D eigenvalue weighted by atomic mass is 79.9. The minimum Gasteiger partial charge on any atom is -0.199 e. The first-order valence-corrected chi connectivity index (χ1v) is 15.4. The fourth-order valence-electron chi connectivity index (χ4n) is 2.50. The van der Waals surface area contributed by atoms with E-state index in [0.717, 1.165) is 0 Å². The third-order valence-corrected chi connectivity index (χ3v) is 12.0. The van der Waals surface area contributed by atoms with Crippen LogP contribution >= 0.6 is 86.9 Å². The Hall–Kier alpha value is -0.0800. The highest BCUT2D eigenvalue weighted by Gasteiger charge is 2.38. The highest BCUT2D eigenvalue weighted by molar-refractivity contribution is 9.15. The molecule has 0 aliphatic heterocycles. The highest BCUT2D eigenvalue weighted by Crippen LogP contribution is 2.38. The molecule has 1 aliphatic rings. The minimum atomic E-state index is -4.07. The molecule has 0 saturated carbocycles. The molecule has 0 bridgehead atoms. The van der Waals surface area contributed by atoms with Crippen LogP contribution in [-0.2, 0) is 20.0 Å². The van der Waals surface area contributed by atoms with Gasteiger partial charge in [0.2, 0.25) is 0 Å². The van der Waals surface area contributed by atoms with E-state index in [1.54, 1.807) is 0 Å². The third-order valence-electron chi connectivity index (χ3n) is 4.08. The number of nitrogens with zero attached hydrogens (tertiary/aromatic N) is 2. The average molecular weight is 773 g/mol. The van der Waals surface area contributed by atoms with Crippen molar-refractivity contribution in [3.05, 3.63) is 67.5 Å². The second-order valence-corrected chi connectivity index (χ2v) is 13.9. The van der Waals surface area contributed by atoms with Crippen LogP contribution in [-0.4, -0.2) is 37.9 Å². The van der Waals surface area contributed by atoms with Crippen LogP contribution in [0.15, 0.2) is 76.1 Å². The van der Waals surface area contributed by atoms with Crippen LogP contribution in [0.5, 0.6) is 0 Å². The van der Waals surface area contributed by atoms with Gasteiger partial charge in [-0.3, -0.25) is 0 Å². The third kappa shape index (κ3) is 5.76. The van der Waals surface area contributed by atoms with Crippen molar-refractivity contribution in [2.24, 2.45) is 8.80 Å². The van der Waals surface area contributed by atoms with Crippen LogP contribution in [0.1, 0.15) is 0 Å². The van der Waals surface area contributed by atoms with Gasteiger partial charge in [0.15, 0.2) is 0 Å². The summed E-state index contributed by atoms with van der Waals surface area (Å²) >= 11 is 25.1. The lowest BCUT2D eigenvalue weighted by Crippen LogP contribution is -2.37. The Morgan fingerprint density at radius 2 is 0.906 bits per heavy atom. The molecule has 0 saturated heterocycles. The van der Waals surface area contributed by atoms with Gasteiger partial charge in [0.25, 0.3) is 20.0 Å². The van der Waals surface area contributed by atoms with E-state index in [1.165, 1.54) is 48.5 Å². The van der Waals surface area contributed by atoms with Crippen molar-refractivity contribution in [3.8, 4) is 0 Å². The fourth-order valence-corrected chi connectivity index (χ4v) is 8.21. The molecule has 1 aliphatic carbocycles. The standard InChI is InChI=1S/C18H10Br4Cl2N2O4S2/c19-13-15(21)18(26-32(29,30)12-7-3-10(24)4-8-12)16(22)14(20)17(13)25-31(27,28)11-5-1-9(23)2-6-11/h1-8,13,15H/b25-17+,26-18+. The maximum Gasteiger partial charge on any atom is 0.282 e. The lowest BCUT2D eigenvalue weighted by Gasteiger charge is -2.26. The maximum atomic E-state index is 12.8. The van der Waals surface area contributed by atoms with Crippen LogP contribution < -0.4 is 0 Å². The predicted molar refractivity (Wildman–Crippen MR) is 142 cm³/mol. The summed E-state index contributed by atoms with van der Waals surface area (Å²) in [4.78, 5) is -1.53. The van der Waals surface area contributed by atoms with Crippen LogP contribution in [0.25, 0.3) is 0 Å². The zero-order valence-electron chi connectivity index (χ0n) is 15.4. The zero-order valence-corrected chi connectivity index (χ0v) is 24.9. The van der Waals surface area contributed by atoms with E-state index in [4.69, 9.17) is 23.2 Å². The molecule has 170 valence electrons. The van der Waals surface area contributed by atoms with Crippen molar-refractivity contribution in [2.45, 2.75) is 19.4 Å². The van der Waals surface area contributed by atoms with Crippen molar-refractivity contribution < 1.29 is 16.8 Å². The Morgan fingerprint density at radius 3 is 1.19 bits per heavy atom. The first kappa shape index (κ1) is 26.5. The van der Waals surface area contributed by atoms with Crippen molar-refractivity contribution in [1.82, 2.24) is 0 Å². The molecule has 2 aromatic carbocycles. The molecule has 2 aromatic rings. The molecule has 32 heavy (non-hydrogen) atoms. The van der Waals surface area contributed by atoms with Gasteiger partial charge in [0.1, 0.15) is 0 Å². The van der Waals surface area contributed by atoms with Crippen LogP contribution in [0.3, 0.4) is 0 Å². The maximum absolute atomic E-state index is 12.8. The van der Waals surface area contributed by atoms with E-state index in [2.05, 4.69) is 72.5 Å². The molecule has 0 fully saturated rings. The van der Waals surface area contributed by atoms with Gasteiger partial charge in [-0.2, -0.15) is 25.6 Å². The lowest BCUT2D eigenvalue weighted by atomic mass is 10.0. The molecule has 0 N–H and O–H groups in total. The second-order valence-electron chi connectivity index (χ2n) is 6.24. The van der Waals surface area contributed by atoms with Gasteiger partial charge in [-0.25, -0.2) is 0 Å². The first-order chi connectivity index (χ1) is 14.8. The van der Waals surface area contributed by atoms with Gasteiger partial charge >= 0.3 is 0 Å². The van der Waals surface area contributed by atoms with Gasteiger partial charge in [0, 0.05) is 10.0 Å². The molecule has 0 spiro atoms. The predicted octanol–water partition coefficient (Wildman–Crippen LogP) is 6.50.